The molecule has 2 N–H and O–H groups in total. The van der Waals surface area contributed by atoms with E-state index in [4.69, 9.17) is 4.74 Å². The number of para-hydroxylation sites is 1. The van der Waals surface area contributed by atoms with E-state index in [2.05, 4.69) is 21.7 Å². The SMILES string of the molecule is CCNC(=NCCC(=O)N(CC)CC)NCCc1ccccc1OC.I. The van der Waals surface area contributed by atoms with Crippen molar-refractivity contribution in [3.05, 3.63) is 29.8 Å². The maximum absolute atomic E-state index is 12.0. The fourth-order valence-corrected chi connectivity index (χ4v) is 2.56. The lowest BCUT2D eigenvalue weighted by molar-refractivity contribution is -0.130. The zero-order valence-electron chi connectivity index (χ0n) is 16.4. The maximum atomic E-state index is 12.0. The number of ether oxygens (including phenoxy) is 1. The average Bonchev–Trinajstić information content (AvgIpc) is 2.63. The van der Waals surface area contributed by atoms with E-state index in [9.17, 15) is 4.79 Å². The Balaban J connectivity index is 0.00000625. The Morgan fingerprint density at radius 1 is 1.15 bits per heavy atom. The van der Waals surface area contributed by atoms with Crippen LogP contribution in [0, 0.1) is 0 Å². The van der Waals surface area contributed by atoms with Crippen LogP contribution in [-0.2, 0) is 11.2 Å². The summed E-state index contributed by atoms with van der Waals surface area (Å²) in [5, 5.41) is 6.52. The maximum Gasteiger partial charge on any atom is 0.224 e. The highest BCUT2D eigenvalue weighted by Crippen LogP contribution is 2.17. The number of aliphatic imine (C=N–C) groups is 1. The molecule has 1 aromatic carbocycles. The number of nitrogens with zero attached hydrogens (tertiary/aromatic N) is 2. The van der Waals surface area contributed by atoms with Crippen LogP contribution < -0.4 is 15.4 Å². The van der Waals surface area contributed by atoms with Crippen molar-refractivity contribution in [1.29, 1.82) is 0 Å². The van der Waals surface area contributed by atoms with Crippen molar-refractivity contribution in [2.75, 3.05) is 39.8 Å². The molecule has 0 heterocycles. The summed E-state index contributed by atoms with van der Waals surface area (Å²) >= 11 is 0. The van der Waals surface area contributed by atoms with E-state index in [-0.39, 0.29) is 29.9 Å². The van der Waals surface area contributed by atoms with E-state index in [0.717, 1.165) is 49.9 Å². The molecule has 0 aliphatic heterocycles. The molecule has 0 atom stereocenters. The summed E-state index contributed by atoms with van der Waals surface area (Å²) in [6.45, 7) is 9.52. The van der Waals surface area contributed by atoms with Gasteiger partial charge in [0.2, 0.25) is 5.91 Å². The van der Waals surface area contributed by atoms with Crippen molar-refractivity contribution >= 4 is 35.8 Å². The second-order valence-electron chi connectivity index (χ2n) is 5.57. The zero-order valence-corrected chi connectivity index (χ0v) is 18.7. The van der Waals surface area contributed by atoms with Crippen LogP contribution in [-0.4, -0.2) is 56.6 Å². The van der Waals surface area contributed by atoms with E-state index in [0.29, 0.717) is 13.0 Å². The predicted molar refractivity (Wildman–Crippen MR) is 119 cm³/mol. The Hall–Kier alpha value is -1.51. The van der Waals surface area contributed by atoms with Crippen LogP contribution in [0.2, 0.25) is 0 Å². The number of halogens is 1. The molecule has 0 aromatic heterocycles. The largest absolute Gasteiger partial charge is 0.496 e. The second kappa shape index (κ2) is 14.6. The Kier molecular flexibility index (Phi) is 13.8. The van der Waals surface area contributed by atoms with Gasteiger partial charge >= 0.3 is 0 Å². The first-order valence-electron chi connectivity index (χ1n) is 9.08. The molecule has 0 radical (unpaired) electrons. The molecule has 7 heteroatoms. The monoisotopic (exact) mass is 476 g/mol. The average molecular weight is 476 g/mol. The van der Waals surface area contributed by atoms with Gasteiger partial charge in [-0.1, -0.05) is 18.2 Å². The molecule has 0 fully saturated rings. The van der Waals surface area contributed by atoms with Crippen molar-refractivity contribution in [2.24, 2.45) is 4.99 Å². The third-order valence-corrected chi connectivity index (χ3v) is 3.94. The van der Waals surface area contributed by atoms with Gasteiger partial charge < -0.3 is 20.3 Å². The van der Waals surface area contributed by atoms with Crippen molar-refractivity contribution in [1.82, 2.24) is 15.5 Å². The van der Waals surface area contributed by atoms with E-state index < -0.39 is 0 Å². The fourth-order valence-electron chi connectivity index (χ4n) is 2.56. The first-order chi connectivity index (χ1) is 12.2. The minimum absolute atomic E-state index is 0. The predicted octanol–water partition coefficient (Wildman–Crippen LogP) is 2.67. The van der Waals surface area contributed by atoms with Gasteiger partial charge in [0.25, 0.3) is 0 Å². The van der Waals surface area contributed by atoms with Crippen LogP contribution in [0.4, 0.5) is 0 Å². The number of guanidine groups is 1. The second-order valence-corrected chi connectivity index (χ2v) is 5.57. The molecule has 0 saturated heterocycles. The number of amides is 1. The molecule has 0 saturated carbocycles. The van der Waals surface area contributed by atoms with E-state index in [1.165, 1.54) is 0 Å². The Morgan fingerprint density at radius 2 is 1.85 bits per heavy atom. The molecule has 0 bridgehead atoms. The Morgan fingerprint density at radius 3 is 2.46 bits per heavy atom. The van der Waals surface area contributed by atoms with Gasteiger partial charge in [0.15, 0.2) is 5.96 Å². The summed E-state index contributed by atoms with van der Waals surface area (Å²) in [7, 11) is 1.69. The number of hydrogen-bond donors (Lipinski definition) is 2. The molecule has 148 valence electrons. The van der Waals surface area contributed by atoms with Gasteiger partial charge in [0, 0.05) is 32.6 Å². The molecule has 0 aliphatic rings. The number of carbonyl (C=O) groups excluding carboxylic acids is 1. The fraction of sp³-hybridized carbons (Fsp3) is 0.579. The molecule has 0 spiro atoms. The quantitative estimate of drug-likeness (QED) is 0.310. The number of carbonyl (C=O) groups is 1. The molecule has 26 heavy (non-hydrogen) atoms. The van der Waals surface area contributed by atoms with Gasteiger partial charge in [0.05, 0.1) is 13.7 Å². The van der Waals surface area contributed by atoms with Crippen molar-refractivity contribution < 1.29 is 9.53 Å². The normalized spacial score (nSPS) is 10.7. The first-order valence-corrected chi connectivity index (χ1v) is 9.08. The molecule has 1 rings (SSSR count). The molecular weight excluding hydrogens is 443 g/mol. The van der Waals surface area contributed by atoms with Crippen molar-refractivity contribution in [3.63, 3.8) is 0 Å². The van der Waals surface area contributed by atoms with Crippen molar-refractivity contribution in [3.8, 4) is 5.75 Å². The van der Waals surface area contributed by atoms with E-state index in [1.807, 2.05) is 43.9 Å². The number of nitrogens with one attached hydrogen (secondary N) is 2. The lowest BCUT2D eigenvalue weighted by Crippen LogP contribution is -2.38. The summed E-state index contributed by atoms with van der Waals surface area (Å²) < 4.78 is 5.37. The van der Waals surface area contributed by atoms with Gasteiger partial charge in [-0.3, -0.25) is 9.79 Å². The molecule has 0 unspecified atom stereocenters. The highest BCUT2D eigenvalue weighted by Gasteiger charge is 2.08. The molecule has 1 amide bonds. The number of benzene rings is 1. The van der Waals surface area contributed by atoms with E-state index in [1.54, 1.807) is 7.11 Å². The Labute approximate surface area is 174 Å². The summed E-state index contributed by atoms with van der Waals surface area (Å²) in [5.74, 6) is 1.79. The molecule has 0 aliphatic carbocycles. The van der Waals surface area contributed by atoms with Gasteiger partial charge in [-0.25, -0.2) is 0 Å². The lowest BCUT2D eigenvalue weighted by Gasteiger charge is -2.18. The summed E-state index contributed by atoms with van der Waals surface area (Å²) in [5.41, 5.74) is 1.16. The van der Waals surface area contributed by atoms with Crippen LogP contribution in [0.3, 0.4) is 0 Å². The van der Waals surface area contributed by atoms with Gasteiger partial charge in [-0.15, -0.1) is 24.0 Å². The molecular formula is C19H33IN4O2. The zero-order chi connectivity index (χ0) is 18.5. The topological polar surface area (TPSA) is 66.0 Å². The highest BCUT2D eigenvalue weighted by molar-refractivity contribution is 14.0. The Bertz CT molecular complexity index is 548. The smallest absolute Gasteiger partial charge is 0.224 e. The highest BCUT2D eigenvalue weighted by atomic mass is 127. The molecule has 1 aromatic rings. The van der Waals surface area contributed by atoms with Gasteiger partial charge in [-0.05, 0) is 38.8 Å². The standard InChI is InChI=1S/C19H32N4O2.HI/c1-5-20-19(22-15-13-18(24)23(6-2)7-3)21-14-12-16-10-8-9-11-17(16)25-4;/h8-11H,5-7,12-15H2,1-4H3,(H2,20,21,22);1H. The van der Waals surface area contributed by atoms with E-state index >= 15 is 0 Å². The number of hydrogen-bond acceptors (Lipinski definition) is 3. The lowest BCUT2D eigenvalue weighted by atomic mass is 10.1. The van der Waals surface area contributed by atoms with Crippen LogP contribution in [0.5, 0.6) is 5.75 Å². The van der Waals surface area contributed by atoms with Crippen LogP contribution in [0.25, 0.3) is 0 Å². The van der Waals surface area contributed by atoms with Crippen molar-refractivity contribution in [2.45, 2.75) is 33.6 Å². The minimum atomic E-state index is 0. The summed E-state index contributed by atoms with van der Waals surface area (Å²) in [4.78, 5) is 18.3. The summed E-state index contributed by atoms with van der Waals surface area (Å²) in [6.07, 6.45) is 1.28. The summed E-state index contributed by atoms with van der Waals surface area (Å²) in [6, 6.07) is 8.00. The third-order valence-electron chi connectivity index (χ3n) is 3.94. The minimum Gasteiger partial charge on any atom is -0.496 e. The first kappa shape index (κ1) is 24.5. The van der Waals surface area contributed by atoms with Crippen LogP contribution >= 0.6 is 24.0 Å². The number of methoxy groups -OCH3 is 1. The third kappa shape index (κ3) is 8.73. The van der Waals surface area contributed by atoms with Gasteiger partial charge in [0.1, 0.15) is 5.75 Å². The van der Waals surface area contributed by atoms with Crippen LogP contribution in [0.15, 0.2) is 29.3 Å². The van der Waals surface area contributed by atoms with Gasteiger partial charge in [-0.2, -0.15) is 0 Å². The van der Waals surface area contributed by atoms with Crippen LogP contribution in [0.1, 0.15) is 32.8 Å². The molecule has 6 nitrogen and oxygen atoms in total. The number of rotatable bonds is 10.